The normalized spacial score (nSPS) is 21.7. The molecule has 3 atom stereocenters. The standard InChI is InChI=1S/C28H40N4O4.C7H4FNOS.3H2/c1-2-3-4-5-7-11-22-18-28(22,27(35)31-36-20-21-15-16-21)30-26(34)24-14-10-17-32(24)25(33)19-29-23-12-8-6-9-13-23;8-4-1-2-5-6(3-4)11-7(10)9-5;;;/h6-9,11-13,21-22,24,29H,2-5,10,14-20H2,1H3,(H,30,34)(H,31,35);1-3H,(H,9,10);3*1H/b11-7-;;;;/t22-,24+,28-;;;;/m1..../s1. The molecule has 0 radical (unpaired) electrons. The van der Waals surface area contributed by atoms with E-state index >= 15 is 0 Å². The van der Waals surface area contributed by atoms with Crippen LogP contribution in [0.4, 0.5) is 10.1 Å². The zero-order valence-corrected chi connectivity index (χ0v) is 27.6. The molecule has 3 fully saturated rings. The molecule has 2 heterocycles. The number of hydroxylamine groups is 1. The number of anilines is 1. The van der Waals surface area contributed by atoms with Gasteiger partial charge in [-0.25, -0.2) is 9.87 Å². The quantitative estimate of drug-likeness (QED) is 0.0941. The van der Waals surface area contributed by atoms with Gasteiger partial charge in [-0.1, -0.05) is 61.5 Å². The number of carbonyl (C=O) groups is 3. The Bertz CT molecular complexity index is 1620. The van der Waals surface area contributed by atoms with Crippen LogP contribution in [0.1, 0.15) is 69.0 Å². The minimum Gasteiger partial charge on any atom is -0.376 e. The van der Waals surface area contributed by atoms with Crippen molar-refractivity contribution in [2.75, 3.05) is 25.0 Å². The molecular weight excluding hydrogens is 621 g/mol. The van der Waals surface area contributed by atoms with E-state index in [1.807, 2.05) is 30.3 Å². The number of rotatable bonds is 14. The van der Waals surface area contributed by atoms with Crippen LogP contribution in [-0.2, 0) is 19.2 Å². The number of amides is 3. The van der Waals surface area contributed by atoms with Crippen LogP contribution in [0.25, 0.3) is 10.2 Å². The second kappa shape index (κ2) is 16.2. The summed E-state index contributed by atoms with van der Waals surface area (Å²) in [5, 5.41) is 6.16. The number of carbonyl (C=O) groups excluding carboxylic acids is 3. The summed E-state index contributed by atoms with van der Waals surface area (Å²) in [6, 6.07) is 13.2. The number of aromatic amines is 1. The monoisotopic (exact) mass is 671 g/mol. The fourth-order valence-electron chi connectivity index (χ4n) is 5.75. The number of para-hydroxylation sites is 1. The summed E-state index contributed by atoms with van der Waals surface area (Å²) < 4.78 is 13.2. The average Bonchev–Trinajstić information content (AvgIpc) is 3.92. The van der Waals surface area contributed by atoms with E-state index in [0.717, 1.165) is 55.5 Å². The Balaban J connectivity index is 0.000000526. The van der Waals surface area contributed by atoms with Crippen molar-refractivity contribution < 1.29 is 27.9 Å². The topological polar surface area (TPSA) is 133 Å². The number of nitrogens with one attached hydrogen (secondary N) is 4. The SMILES string of the molecule is CCCCC/C=C\[C@@H]1C[C@]1(NC(=O)[C@@H]1CCCN1C(=O)CNc1ccccc1)C(=O)NOCC1CC1.O=c1[nH]c2ccc(F)cc2s1.[HH].[HH].[HH]. The Labute approximate surface area is 282 Å². The van der Waals surface area contributed by atoms with Gasteiger partial charge >= 0.3 is 4.87 Å². The van der Waals surface area contributed by atoms with Crippen LogP contribution in [0.3, 0.4) is 0 Å². The molecule has 3 amide bonds. The largest absolute Gasteiger partial charge is 0.376 e. The summed E-state index contributed by atoms with van der Waals surface area (Å²) in [7, 11) is 0. The number of likely N-dealkylation sites (tertiary alicyclic amines) is 1. The van der Waals surface area contributed by atoms with E-state index in [-0.39, 0.29) is 45.2 Å². The van der Waals surface area contributed by atoms with Gasteiger partial charge in [-0.05, 0) is 81.2 Å². The summed E-state index contributed by atoms with van der Waals surface area (Å²) in [5.74, 6) is -0.551. The summed E-state index contributed by atoms with van der Waals surface area (Å²) in [4.78, 5) is 59.7. The Morgan fingerprint density at radius 2 is 1.96 bits per heavy atom. The van der Waals surface area contributed by atoms with Crippen molar-refractivity contribution in [3.05, 3.63) is 76.2 Å². The lowest BCUT2D eigenvalue weighted by atomic mass is 10.1. The van der Waals surface area contributed by atoms with Crippen molar-refractivity contribution in [2.24, 2.45) is 11.8 Å². The van der Waals surface area contributed by atoms with Crippen molar-refractivity contribution in [2.45, 2.75) is 76.3 Å². The van der Waals surface area contributed by atoms with Crippen LogP contribution in [-0.4, -0.2) is 58.9 Å². The van der Waals surface area contributed by atoms with Gasteiger partial charge in [0.15, 0.2) is 0 Å². The van der Waals surface area contributed by atoms with Crippen molar-refractivity contribution in [1.82, 2.24) is 20.7 Å². The van der Waals surface area contributed by atoms with E-state index in [1.165, 1.54) is 18.6 Å². The number of halogens is 1. The molecule has 4 N–H and O–H groups in total. The number of H-pyrrole nitrogens is 1. The van der Waals surface area contributed by atoms with Gasteiger partial charge in [0.25, 0.3) is 5.91 Å². The van der Waals surface area contributed by atoms with Gasteiger partial charge in [-0.2, -0.15) is 0 Å². The van der Waals surface area contributed by atoms with Gasteiger partial charge in [0.1, 0.15) is 17.4 Å². The maximum absolute atomic E-state index is 13.4. The number of nitrogens with zero attached hydrogens (tertiary/aromatic N) is 1. The number of allylic oxidation sites excluding steroid dienone is 1. The summed E-state index contributed by atoms with van der Waals surface area (Å²) in [6.45, 7) is 3.34. The summed E-state index contributed by atoms with van der Waals surface area (Å²) in [5.41, 5.74) is 3.13. The highest BCUT2D eigenvalue weighted by Crippen LogP contribution is 2.45. The second-order valence-corrected chi connectivity index (χ2v) is 13.5. The molecule has 6 rings (SSSR count). The third kappa shape index (κ3) is 9.51. The van der Waals surface area contributed by atoms with E-state index in [9.17, 15) is 23.6 Å². The first-order valence-electron chi connectivity index (χ1n) is 16.6. The van der Waals surface area contributed by atoms with Crippen LogP contribution in [0.15, 0.2) is 65.5 Å². The number of thiazole rings is 1. The number of benzene rings is 2. The highest BCUT2D eigenvalue weighted by molar-refractivity contribution is 7.16. The molecule has 12 heteroatoms. The van der Waals surface area contributed by atoms with Crippen LogP contribution in [0.5, 0.6) is 0 Å². The lowest BCUT2D eigenvalue weighted by Gasteiger charge is -2.27. The van der Waals surface area contributed by atoms with Crippen molar-refractivity contribution >= 4 is 45.0 Å². The van der Waals surface area contributed by atoms with E-state index in [0.29, 0.717) is 42.1 Å². The van der Waals surface area contributed by atoms with Crippen molar-refractivity contribution in [1.29, 1.82) is 0 Å². The van der Waals surface area contributed by atoms with E-state index in [1.54, 1.807) is 11.0 Å². The highest BCUT2D eigenvalue weighted by atomic mass is 32.1. The van der Waals surface area contributed by atoms with E-state index < -0.39 is 11.6 Å². The van der Waals surface area contributed by atoms with E-state index in [4.69, 9.17) is 4.84 Å². The maximum atomic E-state index is 13.4. The average molecular weight is 672 g/mol. The zero-order valence-electron chi connectivity index (χ0n) is 26.8. The minimum atomic E-state index is -1.01. The zero-order chi connectivity index (χ0) is 33.2. The first kappa shape index (κ1) is 34.3. The second-order valence-electron chi connectivity index (χ2n) is 12.5. The highest BCUT2D eigenvalue weighted by Gasteiger charge is 2.61. The molecule has 258 valence electrons. The van der Waals surface area contributed by atoms with Crippen molar-refractivity contribution in [3.63, 3.8) is 0 Å². The fraction of sp³-hybridized carbons (Fsp3) is 0.486. The number of unbranched alkanes of at least 4 members (excludes halogenated alkanes) is 3. The van der Waals surface area contributed by atoms with Crippen molar-refractivity contribution in [3.8, 4) is 0 Å². The first-order valence-corrected chi connectivity index (χ1v) is 17.4. The molecule has 0 bridgehead atoms. The molecule has 3 aliphatic rings. The summed E-state index contributed by atoms with van der Waals surface area (Å²) >= 11 is 1.02. The maximum Gasteiger partial charge on any atom is 0.305 e. The molecule has 3 aromatic rings. The summed E-state index contributed by atoms with van der Waals surface area (Å²) in [6.07, 6.45) is 12.8. The predicted molar refractivity (Wildman–Crippen MR) is 187 cm³/mol. The van der Waals surface area contributed by atoms with Crippen LogP contribution >= 0.6 is 11.3 Å². The van der Waals surface area contributed by atoms with Gasteiger partial charge in [0, 0.05) is 22.4 Å². The number of aromatic nitrogens is 1. The third-order valence-corrected chi connectivity index (χ3v) is 9.61. The number of hydrogen-bond donors (Lipinski definition) is 4. The van der Waals surface area contributed by atoms with Crippen LogP contribution in [0.2, 0.25) is 0 Å². The molecule has 10 nitrogen and oxygen atoms in total. The molecule has 47 heavy (non-hydrogen) atoms. The van der Waals surface area contributed by atoms with Gasteiger partial charge < -0.3 is 20.5 Å². The molecule has 2 aliphatic carbocycles. The molecule has 1 saturated heterocycles. The molecule has 1 aromatic heterocycles. The van der Waals surface area contributed by atoms with Crippen LogP contribution in [0, 0.1) is 17.7 Å². The molecule has 1 aliphatic heterocycles. The molecule has 2 saturated carbocycles. The van der Waals surface area contributed by atoms with Gasteiger partial charge in [0.05, 0.1) is 23.4 Å². The predicted octanol–water partition coefficient (Wildman–Crippen LogP) is 6.03. The smallest absolute Gasteiger partial charge is 0.305 e. The number of hydrogen-bond acceptors (Lipinski definition) is 7. The Kier molecular flexibility index (Phi) is 11.8. The number of fused-ring (bicyclic) bond motifs is 1. The molecular formula is C35H50FN5O5S. The third-order valence-electron chi connectivity index (χ3n) is 8.77. The Morgan fingerprint density at radius 1 is 1.15 bits per heavy atom. The van der Waals surface area contributed by atoms with E-state index in [2.05, 4.69) is 40.2 Å². The fourth-order valence-corrected chi connectivity index (χ4v) is 6.51. The molecule has 0 unspecified atom stereocenters. The lowest BCUT2D eigenvalue weighted by Crippen LogP contribution is -2.56. The molecule has 0 spiro atoms. The Hall–Kier alpha value is -4.03. The molecule has 2 aromatic carbocycles. The van der Waals surface area contributed by atoms with Gasteiger partial charge in [-0.15, -0.1) is 0 Å². The van der Waals surface area contributed by atoms with Crippen LogP contribution < -0.4 is 21.0 Å². The first-order chi connectivity index (χ1) is 22.8. The van der Waals surface area contributed by atoms with Gasteiger partial charge in [-0.3, -0.25) is 24.0 Å². The van der Waals surface area contributed by atoms with Gasteiger partial charge in [0.2, 0.25) is 11.8 Å². The minimum absolute atomic E-state index is 0. The Morgan fingerprint density at radius 3 is 2.72 bits per heavy atom. The lowest BCUT2D eigenvalue weighted by molar-refractivity contribution is -0.142.